The first kappa shape index (κ1) is 16.0. The van der Waals surface area contributed by atoms with Crippen molar-refractivity contribution < 1.29 is 14.6 Å². The van der Waals surface area contributed by atoms with Crippen molar-refractivity contribution >= 4 is 15.9 Å². The first-order chi connectivity index (χ1) is 9.08. The molecule has 0 aromatic heterocycles. The number of halogens is 1. The summed E-state index contributed by atoms with van der Waals surface area (Å²) in [6.45, 7) is 7.00. The number of aliphatic hydroxyl groups excluding tert-OH is 1. The van der Waals surface area contributed by atoms with E-state index in [9.17, 15) is 5.11 Å². The van der Waals surface area contributed by atoms with Gasteiger partial charge in [0.05, 0.1) is 17.7 Å². The van der Waals surface area contributed by atoms with Crippen LogP contribution in [0.5, 0.6) is 11.5 Å². The average molecular weight is 330 g/mol. The smallest absolute Gasteiger partial charge is 0.175 e. The molecule has 2 N–H and O–H groups in total. The van der Waals surface area contributed by atoms with Gasteiger partial charge in [0.15, 0.2) is 11.5 Å². The third-order valence-electron chi connectivity index (χ3n) is 2.40. The Morgan fingerprint density at radius 1 is 1.53 bits per heavy atom. The number of hydrogen-bond acceptors (Lipinski definition) is 4. The first-order valence-electron chi connectivity index (χ1n) is 6.07. The van der Waals surface area contributed by atoms with Crippen LogP contribution in [0.3, 0.4) is 0 Å². The molecule has 0 aliphatic carbocycles. The maximum absolute atomic E-state index is 9.20. The monoisotopic (exact) mass is 329 g/mol. The van der Waals surface area contributed by atoms with Gasteiger partial charge in [-0.3, -0.25) is 0 Å². The number of aliphatic hydroxyl groups is 1. The van der Waals surface area contributed by atoms with E-state index in [4.69, 9.17) is 9.47 Å². The molecule has 106 valence electrons. The largest absolute Gasteiger partial charge is 0.493 e. The summed E-state index contributed by atoms with van der Waals surface area (Å²) >= 11 is 3.47. The molecule has 1 aromatic rings. The third-order valence-corrected chi connectivity index (χ3v) is 2.99. The molecule has 19 heavy (non-hydrogen) atoms. The van der Waals surface area contributed by atoms with Crippen molar-refractivity contribution in [2.45, 2.75) is 19.6 Å². The minimum atomic E-state index is -0.361. The molecule has 1 aromatic carbocycles. The molecule has 0 bridgehead atoms. The minimum absolute atomic E-state index is 0.361. The highest BCUT2D eigenvalue weighted by molar-refractivity contribution is 9.10. The lowest BCUT2D eigenvalue weighted by Crippen LogP contribution is -2.23. The number of rotatable bonds is 8. The fraction of sp³-hybridized carbons (Fsp3) is 0.429. The maximum atomic E-state index is 9.20. The van der Waals surface area contributed by atoms with E-state index in [1.807, 2.05) is 12.1 Å². The highest BCUT2D eigenvalue weighted by Gasteiger charge is 2.11. The SMILES string of the molecule is C=CCOc1c(Br)cc(CNC[C@H](C)O)cc1OC. The molecule has 0 heterocycles. The molecule has 4 nitrogen and oxygen atoms in total. The highest BCUT2D eigenvalue weighted by atomic mass is 79.9. The highest BCUT2D eigenvalue weighted by Crippen LogP contribution is 2.36. The molecule has 0 unspecified atom stereocenters. The summed E-state index contributed by atoms with van der Waals surface area (Å²) in [5, 5.41) is 12.4. The van der Waals surface area contributed by atoms with Crippen LogP contribution in [0, 0.1) is 0 Å². The maximum Gasteiger partial charge on any atom is 0.175 e. The Morgan fingerprint density at radius 3 is 2.84 bits per heavy atom. The summed E-state index contributed by atoms with van der Waals surface area (Å²) < 4.78 is 11.7. The molecule has 0 aliphatic rings. The van der Waals surface area contributed by atoms with Crippen LogP contribution >= 0.6 is 15.9 Å². The van der Waals surface area contributed by atoms with Gasteiger partial charge in [0.1, 0.15) is 6.61 Å². The Labute approximate surface area is 122 Å². The zero-order valence-corrected chi connectivity index (χ0v) is 12.9. The summed E-state index contributed by atoms with van der Waals surface area (Å²) in [7, 11) is 1.61. The Kier molecular flexibility index (Phi) is 6.91. The van der Waals surface area contributed by atoms with Gasteiger partial charge in [-0.2, -0.15) is 0 Å². The van der Waals surface area contributed by atoms with E-state index in [-0.39, 0.29) is 6.10 Å². The molecule has 0 aliphatic heterocycles. The van der Waals surface area contributed by atoms with Crippen LogP contribution in [-0.4, -0.2) is 31.5 Å². The minimum Gasteiger partial charge on any atom is -0.493 e. The molecule has 5 heteroatoms. The number of ether oxygens (including phenoxy) is 2. The van der Waals surface area contributed by atoms with Crippen molar-refractivity contribution in [3.8, 4) is 11.5 Å². The standard InChI is InChI=1S/C14H20BrNO3/c1-4-5-19-14-12(15)6-11(7-13(14)18-3)9-16-8-10(2)17/h4,6-7,10,16-17H,1,5,8-9H2,2-3H3/t10-/m0/s1. The van der Waals surface area contributed by atoms with Gasteiger partial charge in [-0.15, -0.1) is 0 Å². The predicted molar refractivity (Wildman–Crippen MR) is 79.8 cm³/mol. The zero-order chi connectivity index (χ0) is 14.3. The van der Waals surface area contributed by atoms with Gasteiger partial charge in [0, 0.05) is 13.1 Å². The van der Waals surface area contributed by atoms with Crippen molar-refractivity contribution in [3.63, 3.8) is 0 Å². The molecule has 0 spiro atoms. The number of methoxy groups -OCH3 is 1. The molecule has 0 fully saturated rings. The van der Waals surface area contributed by atoms with Crippen LogP contribution in [0.1, 0.15) is 12.5 Å². The molecular formula is C14H20BrNO3. The van der Waals surface area contributed by atoms with E-state index in [2.05, 4.69) is 27.8 Å². The lowest BCUT2D eigenvalue weighted by Gasteiger charge is -2.14. The summed E-state index contributed by atoms with van der Waals surface area (Å²) in [5.74, 6) is 1.34. The Balaban J connectivity index is 2.80. The fourth-order valence-electron chi connectivity index (χ4n) is 1.58. The second-order valence-corrected chi connectivity index (χ2v) is 5.04. The average Bonchev–Trinajstić information content (AvgIpc) is 2.36. The fourth-order valence-corrected chi connectivity index (χ4v) is 2.19. The Bertz CT molecular complexity index is 421. The second kappa shape index (κ2) is 8.19. The molecule has 0 saturated carbocycles. The van der Waals surface area contributed by atoms with Crippen molar-refractivity contribution in [2.75, 3.05) is 20.3 Å². The van der Waals surface area contributed by atoms with Crippen LogP contribution in [0.4, 0.5) is 0 Å². The molecule has 0 saturated heterocycles. The quantitative estimate of drug-likeness (QED) is 0.719. The van der Waals surface area contributed by atoms with Crippen LogP contribution < -0.4 is 14.8 Å². The number of hydrogen-bond donors (Lipinski definition) is 2. The number of benzene rings is 1. The predicted octanol–water partition coefficient (Wildman–Crippen LogP) is 2.49. The van der Waals surface area contributed by atoms with Gasteiger partial charge in [0.25, 0.3) is 0 Å². The summed E-state index contributed by atoms with van der Waals surface area (Å²) in [6.07, 6.45) is 1.32. The first-order valence-corrected chi connectivity index (χ1v) is 6.86. The van der Waals surface area contributed by atoms with Crippen LogP contribution in [0.15, 0.2) is 29.3 Å². The van der Waals surface area contributed by atoms with Gasteiger partial charge in [-0.05, 0) is 40.5 Å². The van der Waals surface area contributed by atoms with Crippen LogP contribution in [-0.2, 0) is 6.54 Å². The summed E-state index contributed by atoms with van der Waals surface area (Å²) in [4.78, 5) is 0. The van der Waals surface area contributed by atoms with Gasteiger partial charge in [-0.1, -0.05) is 12.7 Å². The molecule has 1 atom stereocenters. The van der Waals surface area contributed by atoms with Crippen LogP contribution in [0.25, 0.3) is 0 Å². The number of nitrogens with one attached hydrogen (secondary N) is 1. The van der Waals surface area contributed by atoms with E-state index in [1.54, 1.807) is 20.1 Å². The van der Waals surface area contributed by atoms with Crippen molar-refractivity contribution in [2.24, 2.45) is 0 Å². The Hall–Kier alpha value is -1.04. The van der Waals surface area contributed by atoms with E-state index in [0.29, 0.717) is 31.2 Å². The van der Waals surface area contributed by atoms with Gasteiger partial charge in [-0.25, -0.2) is 0 Å². The summed E-state index contributed by atoms with van der Waals surface area (Å²) in [5.41, 5.74) is 1.05. The normalized spacial score (nSPS) is 12.0. The van der Waals surface area contributed by atoms with Gasteiger partial charge in [0.2, 0.25) is 0 Å². The molecule has 0 radical (unpaired) electrons. The molecule has 1 rings (SSSR count). The van der Waals surface area contributed by atoms with Crippen molar-refractivity contribution in [3.05, 3.63) is 34.8 Å². The van der Waals surface area contributed by atoms with E-state index in [1.165, 1.54) is 0 Å². The Morgan fingerprint density at radius 2 is 2.26 bits per heavy atom. The lowest BCUT2D eigenvalue weighted by molar-refractivity contribution is 0.191. The van der Waals surface area contributed by atoms with E-state index < -0.39 is 0 Å². The van der Waals surface area contributed by atoms with Crippen LogP contribution in [0.2, 0.25) is 0 Å². The second-order valence-electron chi connectivity index (χ2n) is 4.19. The topological polar surface area (TPSA) is 50.7 Å². The summed E-state index contributed by atoms with van der Waals surface area (Å²) in [6, 6.07) is 3.88. The molecule has 0 amide bonds. The van der Waals surface area contributed by atoms with Gasteiger partial charge < -0.3 is 19.9 Å². The third kappa shape index (κ3) is 5.22. The van der Waals surface area contributed by atoms with E-state index in [0.717, 1.165) is 10.0 Å². The van der Waals surface area contributed by atoms with Crippen molar-refractivity contribution in [1.29, 1.82) is 0 Å². The van der Waals surface area contributed by atoms with Crippen molar-refractivity contribution in [1.82, 2.24) is 5.32 Å². The zero-order valence-electron chi connectivity index (χ0n) is 11.3. The van der Waals surface area contributed by atoms with E-state index >= 15 is 0 Å². The molecular weight excluding hydrogens is 310 g/mol. The van der Waals surface area contributed by atoms with Gasteiger partial charge >= 0.3 is 0 Å². The lowest BCUT2D eigenvalue weighted by atomic mass is 10.2.